The molecular weight excluding hydrogens is 496 g/mol. The van der Waals surface area contributed by atoms with E-state index in [1.165, 1.54) is 41.6 Å². The molecule has 1 aliphatic heterocycles. The summed E-state index contributed by atoms with van der Waals surface area (Å²) in [7, 11) is 0. The third-order valence-electron chi connectivity index (χ3n) is 6.19. The van der Waals surface area contributed by atoms with Gasteiger partial charge in [-0.3, -0.25) is 14.6 Å². The maximum atomic E-state index is 13.4. The second kappa shape index (κ2) is 8.87. The number of nitrogens with one attached hydrogen (secondary N) is 1. The topological polar surface area (TPSA) is 91.8 Å². The number of anilines is 2. The SMILES string of the molecule is O=C(Nc1cnccc1CN1C(=O)N(c2ccc(OC(F)(F)F)cc2)C(=O)C12CC2)c1ccc(F)cc1. The maximum Gasteiger partial charge on any atom is 0.573 e. The fourth-order valence-corrected chi connectivity index (χ4v) is 4.20. The number of hydrogen-bond acceptors (Lipinski definition) is 5. The molecule has 0 unspecified atom stereocenters. The molecule has 3 aromatic rings. The molecule has 1 N–H and O–H groups in total. The van der Waals surface area contributed by atoms with E-state index < -0.39 is 41.3 Å². The van der Waals surface area contributed by atoms with Crippen molar-refractivity contribution in [2.45, 2.75) is 31.3 Å². The number of rotatable bonds is 6. The summed E-state index contributed by atoms with van der Waals surface area (Å²) in [4.78, 5) is 45.6. The van der Waals surface area contributed by atoms with Gasteiger partial charge < -0.3 is 15.0 Å². The molecular formula is C25H18F4N4O4. The normalized spacial score (nSPS) is 16.3. The number of nitrogens with zero attached hydrogens (tertiary/aromatic N) is 3. The molecule has 37 heavy (non-hydrogen) atoms. The lowest BCUT2D eigenvalue weighted by Crippen LogP contribution is -2.36. The molecule has 2 heterocycles. The van der Waals surface area contributed by atoms with Crippen LogP contribution < -0.4 is 15.0 Å². The van der Waals surface area contributed by atoms with E-state index in [0.717, 1.165) is 29.2 Å². The Bertz CT molecular complexity index is 1370. The highest BCUT2D eigenvalue weighted by molar-refractivity contribution is 6.24. The van der Waals surface area contributed by atoms with Crippen molar-refractivity contribution in [1.82, 2.24) is 9.88 Å². The van der Waals surface area contributed by atoms with Gasteiger partial charge in [-0.15, -0.1) is 13.2 Å². The van der Waals surface area contributed by atoms with Gasteiger partial charge >= 0.3 is 12.4 Å². The Balaban J connectivity index is 1.37. The van der Waals surface area contributed by atoms with Crippen LogP contribution in [0, 0.1) is 5.82 Å². The van der Waals surface area contributed by atoms with Crippen molar-refractivity contribution in [3.63, 3.8) is 0 Å². The van der Waals surface area contributed by atoms with Gasteiger partial charge in [-0.25, -0.2) is 14.1 Å². The number of aromatic nitrogens is 1. The van der Waals surface area contributed by atoms with Gasteiger partial charge in [0.1, 0.15) is 17.1 Å². The van der Waals surface area contributed by atoms with Crippen LogP contribution in [0.4, 0.5) is 33.7 Å². The van der Waals surface area contributed by atoms with Gasteiger partial charge in [0.05, 0.1) is 24.1 Å². The number of alkyl halides is 3. The number of imide groups is 1. The van der Waals surface area contributed by atoms with Gasteiger partial charge in [-0.2, -0.15) is 0 Å². The van der Waals surface area contributed by atoms with Crippen LogP contribution in [0.25, 0.3) is 0 Å². The van der Waals surface area contributed by atoms with Crippen molar-refractivity contribution >= 4 is 29.2 Å². The largest absolute Gasteiger partial charge is 0.573 e. The summed E-state index contributed by atoms with van der Waals surface area (Å²) < 4.78 is 54.4. The highest BCUT2D eigenvalue weighted by Gasteiger charge is 2.65. The van der Waals surface area contributed by atoms with E-state index in [1.54, 1.807) is 6.07 Å². The average Bonchev–Trinajstić information content (AvgIpc) is 3.62. The van der Waals surface area contributed by atoms with Gasteiger partial charge in [0, 0.05) is 11.8 Å². The number of ether oxygens (including phenoxy) is 1. The predicted molar refractivity (Wildman–Crippen MR) is 122 cm³/mol. The molecule has 1 spiro atoms. The first kappa shape index (κ1) is 24.2. The average molecular weight is 514 g/mol. The van der Waals surface area contributed by atoms with Gasteiger partial charge in [0.2, 0.25) is 0 Å². The van der Waals surface area contributed by atoms with Crippen molar-refractivity contribution in [1.29, 1.82) is 0 Å². The van der Waals surface area contributed by atoms with E-state index in [-0.39, 0.29) is 17.8 Å². The van der Waals surface area contributed by atoms with Gasteiger partial charge in [0.25, 0.3) is 11.8 Å². The standard InChI is InChI=1S/C25H18F4N4O4/c26-17-3-1-15(2-4-17)21(34)31-20-13-30-12-9-16(20)14-32-23(36)33(22(35)24(32)10-11-24)18-5-7-19(8-6-18)37-25(27,28)29/h1-9,12-13H,10-11,14H2,(H,31,34). The minimum absolute atomic E-state index is 0.0299. The fraction of sp³-hybridized carbons (Fsp3) is 0.200. The van der Waals surface area contributed by atoms with Crippen molar-refractivity contribution in [3.05, 3.63) is 83.9 Å². The van der Waals surface area contributed by atoms with Gasteiger partial charge in [-0.05, 0) is 73.0 Å². The molecule has 1 aromatic heterocycles. The number of carbonyl (C=O) groups is 3. The summed E-state index contributed by atoms with van der Waals surface area (Å²) >= 11 is 0. The molecule has 8 nitrogen and oxygen atoms in total. The van der Waals surface area contributed by atoms with Crippen LogP contribution in [0.5, 0.6) is 5.75 Å². The molecule has 0 bridgehead atoms. The zero-order chi connectivity index (χ0) is 26.4. The first-order valence-corrected chi connectivity index (χ1v) is 11.1. The van der Waals surface area contributed by atoms with E-state index in [4.69, 9.17) is 0 Å². The minimum Gasteiger partial charge on any atom is -0.406 e. The second-order valence-corrected chi connectivity index (χ2v) is 8.58. The molecule has 5 rings (SSSR count). The van der Waals surface area contributed by atoms with Crippen LogP contribution >= 0.6 is 0 Å². The van der Waals surface area contributed by atoms with Crippen LogP contribution in [-0.2, 0) is 11.3 Å². The number of pyridine rings is 1. The van der Waals surface area contributed by atoms with Crippen molar-refractivity contribution < 1.29 is 36.7 Å². The predicted octanol–water partition coefficient (Wildman–Crippen LogP) is 4.87. The Hall–Kier alpha value is -4.48. The van der Waals surface area contributed by atoms with Gasteiger partial charge in [-0.1, -0.05) is 0 Å². The Morgan fingerprint density at radius 1 is 1.03 bits per heavy atom. The van der Waals surface area contributed by atoms with Crippen LogP contribution in [0.3, 0.4) is 0 Å². The lowest BCUT2D eigenvalue weighted by molar-refractivity contribution is -0.274. The number of urea groups is 1. The maximum absolute atomic E-state index is 13.4. The minimum atomic E-state index is -4.87. The molecule has 0 radical (unpaired) electrons. The first-order valence-electron chi connectivity index (χ1n) is 11.1. The zero-order valence-electron chi connectivity index (χ0n) is 19.0. The molecule has 12 heteroatoms. The second-order valence-electron chi connectivity index (χ2n) is 8.58. The van der Waals surface area contributed by atoms with E-state index >= 15 is 0 Å². The number of carbonyl (C=O) groups excluding carboxylic acids is 3. The van der Waals surface area contributed by atoms with Crippen molar-refractivity contribution in [3.8, 4) is 5.75 Å². The molecule has 0 atom stereocenters. The van der Waals surface area contributed by atoms with E-state index in [0.29, 0.717) is 24.1 Å². The summed E-state index contributed by atoms with van der Waals surface area (Å²) in [6.07, 6.45) is -1.15. The Morgan fingerprint density at radius 2 is 1.70 bits per heavy atom. The Morgan fingerprint density at radius 3 is 2.32 bits per heavy atom. The van der Waals surface area contributed by atoms with Crippen LogP contribution in [0.1, 0.15) is 28.8 Å². The molecule has 2 aromatic carbocycles. The molecule has 4 amide bonds. The van der Waals surface area contributed by atoms with E-state index in [2.05, 4.69) is 15.0 Å². The number of hydrogen-bond donors (Lipinski definition) is 1. The third kappa shape index (κ3) is 4.69. The smallest absolute Gasteiger partial charge is 0.406 e. The summed E-state index contributed by atoms with van der Waals surface area (Å²) in [6.45, 7) is -0.0299. The lowest BCUT2D eigenvalue weighted by atomic mass is 10.1. The Kier molecular flexibility index (Phi) is 5.81. The Labute approximate surface area is 207 Å². The summed E-state index contributed by atoms with van der Waals surface area (Å²) in [6, 6.07) is 10.4. The highest BCUT2D eigenvalue weighted by atomic mass is 19.4. The molecule has 2 fully saturated rings. The number of amides is 4. The summed E-state index contributed by atoms with van der Waals surface area (Å²) in [5.41, 5.74) is 0.0673. The van der Waals surface area contributed by atoms with Crippen molar-refractivity contribution in [2.75, 3.05) is 10.2 Å². The molecule has 190 valence electrons. The molecule has 1 aliphatic carbocycles. The van der Waals surface area contributed by atoms with Crippen molar-refractivity contribution in [2.24, 2.45) is 0 Å². The van der Waals surface area contributed by atoms with Gasteiger partial charge in [0.15, 0.2) is 0 Å². The highest BCUT2D eigenvalue weighted by Crippen LogP contribution is 2.50. The first-order chi connectivity index (χ1) is 17.6. The van der Waals surface area contributed by atoms with Crippen LogP contribution in [0.2, 0.25) is 0 Å². The molecule has 2 aliphatic rings. The van der Waals surface area contributed by atoms with Crippen LogP contribution in [-0.4, -0.2) is 39.6 Å². The fourth-order valence-electron chi connectivity index (χ4n) is 4.20. The summed E-state index contributed by atoms with van der Waals surface area (Å²) in [5, 5.41) is 2.70. The number of halogens is 4. The lowest BCUT2D eigenvalue weighted by Gasteiger charge is -2.22. The van der Waals surface area contributed by atoms with E-state index in [9.17, 15) is 31.9 Å². The summed E-state index contributed by atoms with van der Waals surface area (Å²) in [5.74, 6) is -1.96. The molecule has 1 saturated heterocycles. The van der Waals surface area contributed by atoms with Crippen LogP contribution in [0.15, 0.2) is 67.0 Å². The molecule has 1 saturated carbocycles. The quantitative estimate of drug-likeness (QED) is 0.374. The number of benzene rings is 2. The zero-order valence-corrected chi connectivity index (χ0v) is 19.0. The monoisotopic (exact) mass is 514 g/mol. The third-order valence-corrected chi connectivity index (χ3v) is 6.19. The van der Waals surface area contributed by atoms with E-state index in [1.807, 2.05) is 0 Å².